The summed E-state index contributed by atoms with van der Waals surface area (Å²) < 4.78 is 6.96. The quantitative estimate of drug-likeness (QED) is 0.786. The van der Waals surface area contributed by atoms with Gasteiger partial charge in [0, 0.05) is 4.47 Å². The highest BCUT2D eigenvalue weighted by Gasteiger charge is 2.47. The zero-order valence-corrected chi connectivity index (χ0v) is 10.7. The molecule has 1 aromatic rings. The molecule has 2 nitrogen and oxygen atoms in total. The number of hydrogen-bond donors (Lipinski definition) is 0. The second-order valence-electron chi connectivity index (χ2n) is 4.93. The van der Waals surface area contributed by atoms with Crippen molar-refractivity contribution in [3.05, 3.63) is 28.2 Å². The average Bonchev–Trinajstić information content (AvgIpc) is 3.03. The summed E-state index contributed by atoms with van der Waals surface area (Å²) in [5.74, 6) is 1.51. The first kappa shape index (κ1) is 10.3. The van der Waals surface area contributed by atoms with E-state index in [4.69, 9.17) is 4.74 Å². The summed E-state index contributed by atoms with van der Waals surface area (Å²) >= 11 is 3.38. The van der Waals surface area contributed by atoms with Gasteiger partial charge in [-0.15, -0.1) is 0 Å². The van der Waals surface area contributed by atoms with Crippen LogP contribution in [0.1, 0.15) is 36.5 Å². The van der Waals surface area contributed by atoms with Gasteiger partial charge in [0.05, 0.1) is 12.0 Å². The van der Waals surface area contributed by atoms with Crippen molar-refractivity contribution in [1.29, 1.82) is 0 Å². The molecule has 1 heterocycles. The van der Waals surface area contributed by atoms with E-state index in [2.05, 4.69) is 22.9 Å². The van der Waals surface area contributed by atoms with Crippen molar-refractivity contribution < 1.29 is 9.53 Å². The van der Waals surface area contributed by atoms with Crippen molar-refractivity contribution in [3.8, 4) is 5.75 Å². The third kappa shape index (κ3) is 1.58. The number of carbonyl (C=O) groups is 1. The first-order valence-corrected chi connectivity index (χ1v) is 6.39. The molecule has 1 unspecified atom stereocenters. The number of benzene rings is 1. The molecular weight excluding hydrogens is 268 g/mol. The summed E-state index contributed by atoms with van der Waals surface area (Å²) in [6, 6.07) is 5.66. The number of ether oxygens (including phenoxy) is 1. The van der Waals surface area contributed by atoms with Crippen LogP contribution in [-0.4, -0.2) is 11.4 Å². The second kappa shape index (κ2) is 3.33. The number of Topliss-reactive ketones (excluding diaryl/α,β-unsaturated/α-hetero) is 1. The van der Waals surface area contributed by atoms with Crippen molar-refractivity contribution in [1.82, 2.24) is 0 Å². The Morgan fingerprint density at radius 3 is 2.88 bits per heavy atom. The molecular formula is C13H13BrO2. The van der Waals surface area contributed by atoms with E-state index in [9.17, 15) is 4.79 Å². The van der Waals surface area contributed by atoms with Crippen molar-refractivity contribution >= 4 is 21.7 Å². The van der Waals surface area contributed by atoms with E-state index >= 15 is 0 Å². The number of ketones is 1. The molecule has 0 amide bonds. The molecule has 0 spiro atoms. The molecule has 0 radical (unpaired) electrons. The van der Waals surface area contributed by atoms with E-state index in [1.165, 1.54) is 12.8 Å². The van der Waals surface area contributed by atoms with Crippen LogP contribution in [0, 0.1) is 5.92 Å². The minimum Gasteiger partial charge on any atom is -0.486 e. The van der Waals surface area contributed by atoms with Crippen LogP contribution in [0.2, 0.25) is 0 Å². The van der Waals surface area contributed by atoms with Gasteiger partial charge in [0.1, 0.15) is 11.4 Å². The molecule has 2 aliphatic rings. The van der Waals surface area contributed by atoms with Gasteiger partial charge < -0.3 is 4.74 Å². The van der Waals surface area contributed by atoms with Gasteiger partial charge in [0.2, 0.25) is 0 Å². The highest BCUT2D eigenvalue weighted by molar-refractivity contribution is 9.10. The molecule has 0 bridgehead atoms. The van der Waals surface area contributed by atoms with Gasteiger partial charge in [0.15, 0.2) is 5.78 Å². The fourth-order valence-electron chi connectivity index (χ4n) is 2.43. The lowest BCUT2D eigenvalue weighted by Gasteiger charge is -2.35. The highest BCUT2D eigenvalue weighted by atomic mass is 79.9. The normalized spacial score (nSPS) is 28.5. The van der Waals surface area contributed by atoms with Gasteiger partial charge in [-0.2, -0.15) is 0 Å². The summed E-state index contributed by atoms with van der Waals surface area (Å²) in [5.41, 5.74) is 0.449. The minimum atomic E-state index is -0.266. The first-order valence-electron chi connectivity index (χ1n) is 5.60. The predicted octanol–water partition coefficient (Wildman–Crippen LogP) is 3.58. The Morgan fingerprint density at radius 2 is 2.19 bits per heavy atom. The zero-order chi connectivity index (χ0) is 11.3. The fourth-order valence-corrected chi connectivity index (χ4v) is 2.79. The third-order valence-electron chi connectivity index (χ3n) is 3.54. The van der Waals surface area contributed by atoms with E-state index in [0.717, 1.165) is 10.2 Å². The van der Waals surface area contributed by atoms with E-state index in [1.54, 1.807) is 0 Å². The van der Waals surface area contributed by atoms with E-state index < -0.39 is 0 Å². The van der Waals surface area contributed by atoms with Crippen LogP contribution in [0.4, 0.5) is 0 Å². The van der Waals surface area contributed by atoms with Crippen LogP contribution in [-0.2, 0) is 0 Å². The van der Waals surface area contributed by atoms with Crippen molar-refractivity contribution in [2.75, 3.05) is 0 Å². The lowest BCUT2D eigenvalue weighted by Crippen LogP contribution is -2.41. The van der Waals surface area contributed by atoms with Crippen LogP contribution in [0.5, 0.6) is 5.75 Å². The van der Waals surface area contributed by atoms with Crippen LogP contribution < -0.4 is 4.74 Å². The van der Waals surface area contributed by atoms with Crippen molar-refractivity contribution in [2.45, 2.75) is 31.8 Å². The topological polar surface area (TPSA) is 26.3 Å². The maximum absolute atomic E-state index is 12.1. The number of fused-ring (bicyclic) bond motifs is 1. The predicted molar refractivity (Wildman–Crippen MR) is 64.8 cm³/mol. The summed E-state index contributed by atoms with van der Waals surface area (Å²) in [6.07, 6.45) is 2.90. The van der Waals surface area contributed by atoms with Crippen LogP contribution in [0.15, 0.2) is 22.7 Å². The smallest absolute Gasteiger partial charge is 0.170 e. The lowest BCUT2D eigenvalue weighted by atomic mass is 9.88. The Morgan fingerprint density at radius 1 is 1.44 bits per heavy atom. The fraction of sp³-hybridized carbons (Fsp3) is 0.462. The SMILES string of the molecule is CC1(C2CC2)CC(=O)c2cc(Br)ccc2O1. The van der Waals surface area contributed by atoms with Gasteiger partial charge in [-0.05, 0) is 43.9 Å². The van der Waals surface area contributed by atoms with Gasteiger partial charge >= 0.3 is 0 Å². The number of carbonyl (C=O) groups excluding carboxylic acids is 1. The van der Waals surface area contributed by atoms with Crippen LogP contribution in [0.3, 0.4) is 0 Å². The molecule has 3 heteroatoms. The maximum Gasteiger partial charge on any atom is 0.170 e. The Bertz CT molecular complexity index is 465. The number of halogens is 1. The largest absolute Gasteiger partial charge is 0.486 e. The Balaban J connectivity index is 2.02. The Hall–Kier alpha value is -0.830. The van der Waals surface area contributed by atoms with Gasteiger partial charge in [-0.1, -0.05) is 15.9 Å². The molecule has 0 N–H and O–H groups in total. The minimum absolute atomic E-state index is 0.206. The maximum atomic E-state index is 12.1. The van der Waals surface area contributed by atoms with Crippen LogP contribution in [0.25, 0.3) is 0 Å². The van der Waals surface area contributed by atoms with Gasteiger partial charge in [0.25, 0.3) is 0 Å². The molecule has 1 aliphatic carbocycles. The number of rotatable bonds is 1. The number of hydrogen-bond acceptors (Lipinski definition) is 2. The Kier molecular flexibility index (Phi) is 2.15. The summed E-state index contributed by atoms with van der Waals surface area (Å²) in [7, 11) is 0. The van der Waals surface area contributed by atoms with E-state index in [1.807, 2.05) is 18.2 Å². The zero-order valence-electron chi connectivity index (χ0n) is 9.13. The molecule has 0 aromatic heterocycles. The molecule has 3 rings (SSSR count). The molecule has 1 atom stereocenters. The Labute approximate surface area is 103 Å². The third-order valence-corrected chi connectivity index (χ3v) is 4.03. The van der Waals surface area contributed by atoms with E-state index in [-0.39, 0.29) is 11.4 Å². The summed E-state index contributed by atoms with van der Waals surface area (Å²) in [4.78, 5) is 12.1. The molecule has 1 fully saturated rings. The average molecular weight is 281 g/mol. The molecule has 1 aromatic carbocycles. The summed E-state index contributed by atoms with van der Waals surface area (Å²) in [5, 5.41) is 0. The molecule has 1 saturated carbocycles. The van der Waals surface area contributed by atoms with E-state index in [0.29, 0.717) is 17.9 Å². The van der Waals surface area contributed by atoms with Gasteiger partial charge in [-0.3, -0.25) is 4.79 Å². The van der Waals surface area contributed by atoms with Crippen molar-refractivity contribution in [3.63, 3.8) is 0 Å². The first-order chi connectivity index (χ1) is 7.58. The monoisotopic (exact) mass is 280 g/mol. The molecule has 0 saturated heterocycles. The van der Waals surface area contributed by atoms with Crippen molar-refractivity contribution in [2.24, 2.45) is 5.92 Å². The molecule has 16 heavy (non-hydrogen) atoms. The van der Waals surface area contributed by atoms with Crippen LogP contribution >= 0.6 is 15.9 Å². The second-order valence-corrected chi connectivity index (χ2v) is 5.85. The standard InChI is InChI=1S/C13H13BrO2/c1-13(8-2-3-8)7-11(15)10-6-9(14)4-5-12(10)16-13/h4-6,8H,2-3,7H2,1H3. The van der Waals surface area contributed by atoms with Gasteiger partial charge in [-0.25, -0.2) is 0 Å². The lowest BCUT2D eigenvalue weighted by molar-refractivity contribution is 0.0380. The summed E-state index contributed by atoms with van der Waals surface area (Å²) in [6.45, 7) is 2.06. The molecule has 84 valence electrons. The molecule has 1 aliphatic heterocycles. The highest BCUT2D eigenvalue weighted by Crippen LogP contribution is 2.47.